The summed E-state index contributed by atoms with van der Waals surface area (Å²) in [7, 11) is 1.54. The molecule has 0 saturated carbocycles. The Balaban J connectivity index is 2.51. The number of methoxy groups -OCH3 is 1. The molecule has 1 amide bonds. The highest BCUT2D eigenvalue weighted by Gasteiger charge is 2.21. The number of H-pyrrole nitrogens is 1. The van der Waals surface area contributed by atoms with Gasteiger partial charge in [-0.3, -0.25) is 5.32 Å². The smallest absolute Gasteiger partial charge is 0.411 e. The maximum absolute atomic E-state index is 12.1. The molecule has 7 nitrogen and oxygen atoms in total. The number of carbonyl (C=O) groups excluding carboxylic acids is 2. The highest BCUT2D eigenvalue weighted by molar-refractivity contribution is 6.10. The van der Waals surface area contributed by atoms with Gasteiger partial charge in [-0.25, -0.2) is 9.59 Å². The largest absolute Gasteiger partial charge is 0.497 e. The standard InChI is InChI=1S/C15H18N2O5/c1-4-21-14(18)13-12(17-15(19)22-5-2)10-8-9(20-3)6-7-11(10)16-13/h6-8,16H,4-5H2,1-3H3,(H,17,19). The predicted molar refractivity (Wildman–Crippen MR) is 81.5 cm³/mol. The maximum Gasteiger partial charge on any atom is 0.411 e. The molecule has 0 saturated heterocycles. The molecule has 2 N–H and O–H groups in total. The van der Waals surface area contributed by atoms with Crippen LogP contribution in [-0.2, 0) is 9.47 Å². The van der Waals surface area contributed by atoms with Crippen LogP contribution in [-0.4, -0.2) is 37.4 Å². The van der Waals surface area contributed by atoms with Crippen LogP contribution in [0.1, 0.15) is 24.3 Å². The molecule has 2 rings (SSSR count). The first kappa shape index (κ1) is 15.7. The average Bonchev–Trinajstić information content (AvgIpc) is 2.85. The van der Waals surface area contributed by atoms with Crippen molar-refractivity contribution in [3.05, 3.63) is 23.9 Å². The number of fused-ring (bicyclic) bond motifs is 1. The molecule has 1 aromatic carbocycles. The fraction of sp³-hybridized carbons (Fsp3) is 0.333. The molecule has 2 aromatic rings. The van der Waals surface area contributed by atoms with E-state index < -0.39 is 12.1 Å². The first-order valence-electron chi connectivity index (χ1n) is 6.91. The first-order valence-corrected chi connectivity index (χ1v) is 6.91. The van der Waals surface area contributed by atoms with Crippen LogP contribution in [0.25, 0.3) is 10.9 Å². The second-order valence-corrected chi connectivity index (χ2v) is 4.35. The van der Waals surface area contributed by atoms with Gasteiger partial charge in [0.2, 0.25) is 0 Å². The second-order valence-electron chi connectivity index (χ2n) is 4.35. The summed E-state index contributed by atoms with van der Waals surface area (Å²) in [4.78, 5) is 26.7. The van der Waals surface area contributed by atoms with Crippen LogP contribution in [0.2, 0.25) is 0 Å². The Bertz CT molecular complexity index is 693. The molecule has 7 heteroatoms. The Morgan fingerprint density at radius 1 is 1.18 bits per heavy atom. The van der Waals surface area contributed by atoms with E-state index in [2.05, 4.69) is 10.3 Å². The van der Waals surface area contributed by atoms with Crippen molar-refractivity contribution in [1.29, 1.82) is 0 Å². The number of amides is 1. The van der Waals surface area contributed by atoms with E-state index in [9.17, 15) is 9.59 Å². The number of hydrogen-bond donors (Lipinski definition) is 2. The SMILES string of the molecule is CCOC(=O)Nc1c(C(=O)OCC)[nH]c2ccc(OC)cc12. The van der Waals surface area contributed by atoms with Crippen LogP contribution >= 0.6 is 0 Å². The van der Waals surface area contributed by atoms with Crippen molar-refractivity contribution in [3.8, 4) is 5.75 Å². The van der Waals surface area contributed by atoms with Crippen molar-refractivity contribution < 1.29 is 23.8 Å². The lowest BCUT2D eigenvalue weighted by Gasteiger charge is -2.07. The molecule has 0 aliphatic rings. The van der Waals surface area contributed by atoms with E-state index in [0.29, 0.717) is 22.3 Å². The molecule has 0 fully saturated rings. The van der Waals surface area contributed by atoms with Gasteiger partial charge in [-0.2, -0.15) is 0 Å². The van der Waals surface area contributed by atoms with Crippen molar-refractivity contribution in [2.45, 2.75) is 13.8 Å². The number of hydrogen-bond acceptors (Lipinski definition) is 5. The van der Waals surface area contributed by atoms with Crippen molar-refractivity contribution in [2.24, 2.45) is 0 Å². The zero-order valence-corrected chi connectivity index (χ0v) is 12.7. The van der Waals surface area contributed by atoms with E-state index >= 15 is 0 Å². The highest BCUT2D eigenvalue weighted by Crippen LogP contribution is 2.31. The van der Waals surface area contributed by atoms with Crippen LogP contribution < -0.4 is 10.1 Å². The maximum atomic E-state index is 12.1. The van der Waals surface area contributed by atoms with E-state index in [0.717, 1.165) is 0 Å². The number of benzene rings is 1. The van der Waals surface area contributed by atoms with Gasteiger partial charge < -0.3 is 19.2 Å². The lowest BCUT2D eigenvalue weighted by Crippen LogP contribution is -2.16. The third-order valence-corrected chi connectivity index (χ3v) is 2.99. The number of aromatic amines is 1. The summed E-state index contributed by atoms with van der Waals surface area (Å²) in [5.74, 6) is 0.0540. The predicted octanol–water partition coefficient (Wildman–Crippen LogP) is 2.92. The van der Waals surface area contributed by atoms with Gasteiger partial charge in [-0.15, -0.1) is 0 Å². The molecule has 0 spiro atoms. The molecule has 0 bridgehead atoms. The highest BCUT2D eigenvalue weighted by atomic mass is 16.5. The molecule has 0 radical (unpaired) electrons. The Kier molecular flexibility index (Phi) is 4.88. The molecule has 0 aliphatic carbocycles. The molecular weight excluding hydrogens is 288 g/mol. The molecule has 1 heterocycles. The van der Waals surface area contributed by atoms with E-state index in [-0.39, 0.29) is 18.9 Å². The van der Waals surface area contributed by atoms with Crippen LogP contribution in [0.3, 0.4) is 0 Å². The molecule has 0 atom stereocenters. The Hall–Kier alpha value is -2.70. The van der Waals surface area contributed by atoms with Gasteiger partial charge in [0.05, 0.1) is 26.0 Å². The van der Waals surface area contributed by atoms with Crippen LogP contribution in [0.15, 0.2) is 18.2 Å². The summed E-state index contributed by atoms with van der Waals surface area (Å²) in [6, 6.07) is 5.23. The average molecular weight is 306 g/mol. The fourth-order valence-corrected chi connectivity index (χ4v) is 2.05. The third-order valence-electron chi connectivity index (χ3n) is 2.99. The van der Waals surface area contributed by atoms with E-state index in [4.69, 9.17) is 14.2 Å². The topological polar surface area (TPSA) is 89.6 Å². The summed E-state index contributed by atoms with van der Waals surface area (Å²) in [6.45, 7) is 3.87. The third kappa shape index (κ3) is 3.13. The number of ether oxygens (including phenoxy) is 3. The van der Waals surface area contributed by atoms with E-state index in [1.165, 1.54) is 0 Å². The summed E-state index contributed by atoms with van der Waals surface area (Å²) < 4.78 is 15.0. The van der Waals surface area contributed by atoms with Gasteiger partial charge in [0.15, 0.2) is 0 Å². The van der Waals surface area contributed by atoms with Gasteiger partial charge in [-0.05, 0) is 32.0 Å². The van der Waals surface area contributed by atoms with Crippen molar-refractivity contribution in [2.75, 3.05) is 25.6 Å². The van der Waals surface area contributed by atoms with Gasteiger partial charge in [-0.1, -0.05) is 0 Å². The minimum absolute atomic E-state index is 0.165. The van der Waals surface area contributed by atoms with E-state index in [1.54, 1.807) is 39.2 Å². The Morgan fingerprint density at radius 2 is 1.91 bits per heavy atom. The number of nitrogens with one attached hydrogen (secondary N) is 2. The molecule has 118 valence electrons. The van der Waals surface area contributed by atoms with Crippen molar-refractivity contribution >= 4 is 28.7 Å². The van der Waals surface area contributed by atoms with Gasteiger partial charge in [0.1, 0.15) is 11.4 Å². The summed E-state index contributed by atoms with van der Waals surface area (Å²) in [5, 5.41) is 3.21. The normalized spacial score (nSPS) is 10.3. The molecule has 0 aliphatic heterocycles. The van der Waals surface area contributed by atoms with Crippen molar-refractivity contribution in [1.82, 2.24) is 4.98 Å². The van der Waals surface area contributed by atoms with Gasteiger partial charge in [0.25, 0.3) is 0 Å². The molecular formula is C15H18N2O5. The number of rotatable bonds is 5. The lowest BCUT2D eigenvalue weighted by atomic mass is 10.2. The van der Waals surface area contributed by atoms with Gasteiger partial charge in [0, 0.05) is 10.9 Å². The number of esters is 1. The van der Waals surface area contributed by atoms with Crippen molar-refractivity contribution in [3.63, 3.8) is 0 Å². The Labute approximate surface area is 127 Å². The molecule has 0 unspecified atom stereocenters. The lowest BCUT2D eigenvalue weighted by molar-refractivity contribution is 0.0522. The number of aromatic nitrogens is 1. The van der Waals surface area contributed by atoms with Crippen LogP contribution in [0.5, 0.6) is 5.75 Å². The number of carbonyl (C=O) groups is 2. The minimum Gasteiger partial charge on any atom is -0.497 e. The number of anilines is 1. The van der Waals surface area contributed by atoms with E-state index in [1.807, 2.05) is 0 Å². The quantitative estimate of drug-likeness (QED) is 0.829. The Morgan fingerprint density at radius 3 is 2.55 bits per heavy atom. The molecule has 1 aromatic heterocycles. The monoisotopic (exact) mass is 306 g/mol. The zero-order valence-electron chi connectivity index (χ0n) is 12.7. The van der Waals surface area contributed by atoms with Crippen LogP contribution in [0.4, 0.5) is 10.5 Å². The summed E-state index contributed by atoms with van der Waals surface area (Å²) >= 11 is 0. The summed E-state index contributed by atoms with van der Waals surface area (Å²) in [6.07, 6.45) is -0.642. The zero-order chi connectivity index (χ0) is 16.1. The van der Waals surface area contributed by atoms with Gasteiger partial charge >= 0.3 is 12.1 Å². The fourth-order valence-electron chi connectivity index (χ4n) is 2.05. The molecule has 22 heavy (non-hydrogen) atoms. The second kappa shape index (κ2) is 6.84. The van der Waals surface area contributed by atoms with Crippen LogP contribution in [0, 0.1) is 0 Å². The minimum atomic E-state index is -0.642. The summed E-state index contributed by atoms with van der Waals surface area (Å²) in [5.41, 5.74) is 1.15. The first-order chi connectivity index (χ1) is 10.6.